The minimum atomic E-state index is -0.289. The van der Waals surface area contributed by atoms with Crippen LogP contribution >= 0.6 is 0 Å². The summed E-state index contributed by atoms with van der Waals surface area (Å²) >= 11 is 0. The van der Waals surface area contributed by atoms with Crippen LogP contribution in [0.1, 0.15) is 91.8 Å². The van der Waals surface area contributed by atoms with Gasteiger partial charge >= 0.3 is 0 Å². The van der Waals surface area contributed by atoms with Crippen LogP contribution in [0.3, 0.4) is 0 Å². The highest BCUT2D eigenvalue weighted by molar-refractivity contribution is 5.93. The van der Waals surface area contributed by atoms with E-state index in [9.17, 15) is 14.0 Å². The van der Waals surface area contributed by atoms with Gasteiger partial charge < -0.3 is 9.88 Å². The van der Waals surface area contributed by atoms with Crippen molar-refractivity contribution in [1.29, 1.82) is 0 Å². The van der Waals surface area contributed by atoms with E-state index in [1.54, 1.807) is 0 Å². The molecule has 2 atom stereocenters. The third-order valence-electron chi connectivity index (χ3n) is 8.14. The zero-order chi connectivity index (χ0) is 25.0. The second-order valence-electron chi connectivity index (χ2n) is 9.97. The molecule has 1 aromatic carbocycles. The lowest BCUT2D eigenvalue weighted by molar-refractivity contribution is -0.120. The number of carbonyl (C=O) groups excluding carboxylic acids is 1. The molecule has 6 heteroatoms. The predicted octanol–water partition coefficient (Wildman–Crippen LogP) is 5.50. The van der Waals surface area contributed by atoms with Crippen molar-refractivity contribution >= 4 is 16.7 Å². The molecule has 3 aromatic rings. The smallest absolute Gasteiger partial charge is 0.254 e. The number of ketones is 1. The molecule has 0 fully saturated rings. The lowest BCUT2D eigenvalue weighted by Crippen LogP contribution is -2.27. The summed E-state index contributed by atoms with van der Waals surface area (Å²) in [7, 11) is 1.96. The van der Waals surface area contributed by atoms with Crippen molar-refractivity contribution in [2.75, 3.05) is 7.05 Å². The fraction of sp³-hybridized carbons (Fsp3) is 0.483. The number of Topliss-reactive ketones (excluding diaryl/α,β-unsaturated/α-hetero) is 1. The average molecular weight is 476 g/mol. The molecule has 2 aromatic heterocycles. The Bertz CT molecular complexity index is 1420. The van der Waals surface area contributed by atoms with Crippen molar-refractivity contribution in [3.05, 3.63) is 61.7 Å². The number of rotatable bonds is 7. The molecule has 0 saturated carbocycles. The number of aryl methyl sites for hydroxylation is 1. The molecular weight excluding hydrogens is 441 g/mol. The van der Waals surface area contributed by atoms with Gasteiger partial charge in [-0.15, -0.1) is 0 Å². The summed E-state index contributed by atoms with van der Waals surface area (Å²) in [5.74, 6) is -0.336. The Morgan fingerprint density at radius 1 is 1.26 bits per heavy atom. The first-order valence-corrected chi connectivity index (χ1v) is 13.0. The number of pyridine rings is 2. The van der Waals surface area contributed by atoms with E-state index in [2.05, 4.69) is 5.32 Å². The van der Waals surface area contributed by atoms with E-state index < -0.39 is 0 Å². The first kappa shape index (κ1) is 23.9. The summed E-state index contributed by atoms with van der Waals surface area (Å²) in [6.45, 7) is 8.31. The van der Waals surface area contributed by atoms with Crippen LogP contribution in [0, 0.1) is 12.7 Å². The first-order chi connectivity index (χ1) is 16.9. The number of hydrogen-bond acceptors (Lipinski definition) is 4. The monoisotopic (exact) mass is 475 g/mol. The highest BCUT2D eigenvalue weighted by atomic mass is 19.1. The summed E-state index contributed by atoms with van der Waals surface area (Å²) in [5.41, 5.74) is 7.61. The van der Waals surface area contributed by atoms with Gasteiger partial charge in [0, 0.05) is 41.0 Å². The number of benzene rings is 1. The number of nitrogens with zero attached hydrogens (tertiary/aromatic N) is 2. The number of fused-ring (bicyclic) bond motifs is 4. The maximum atomic E-state index is 14.9. The van der Waals surface area contributed by atoms with Crippen LogP contribution in [-0.2, 0) is 24.2 Å². The van der Waals surface area contributed by atoms with Gasteiger partial charge in [-0.05, 0) is 74.4 Å². The molecule has 184 valence electrons. The van der Waals surface area contributed by atoms with Gasteiger partial charge in [0.15, 0.2) is 0 Å². The second-order valence-corrected chi connectivity index (χ2v) is 9.97. The normalized spacial score (nSPS) is 16.9. The van der Waals surface area contributed by atoms with Gasteiger partial charge in [0.2, 0.25) is 0 Å². The largest absolute Gasteiger partial charge is 0.313 e. The molecule has 1 aliphatic heterocycles. The molecule has 3 heterocycles. The third kappa shape index (κ3) is 3.48. The summed E-state index contributed by atoms with van der Waals surface area (Å²) in [6.07, 6.45) is 4.21. The topological polar surface area (TPSA) is 64.0 Å². The van der Waals surface area contributed by atoms with E-state index in [1.165, 1.54) is 6.07 Å². The molecule has 0 spiro atoms. The van der Waals surface area contributed by atoms with Crippen LogP contribution in [0.25, 0.3) is 22.3 Å². The van der Waals surface area contributed by atoms with Crippen molar-refractivity contribution in [3.8, 4) is 11.4 Å². The van der Waals surface area contributed by atoms with E-state index in [4.69, 9.17) is 4.98 Å². The molecule has 5 nitrogen and oxygen atoms in total. The van der Waals surface area contributed by atoms with E-state index in [1.807, 2.05) is 45.4 Å². The molecule has 2 aliphatic rings. The van der Waals surface area contributed by atoms with Gasteiger partial charge in [-0.2, -0.15) is 0 Å². The lowest BCUT2D eigenvalue weighted by Gasteiger charge is -2.28. The highest BCUT2D eigenvalue weighted by Gasteiger charge is 2.34. The Kier molecular flexibility index (Phi) is 6.12. The quantitative estimate of drug-likeness (QED) is 0.383. The van der Waals surface area contributed by atoms with Gasteiger partial charge in [-0.3, -0.25) is 9.59 Å². The summed E-state index contributed by atoms with van der Waals surface area (Å²) in [5, 5.41) is 4.48. The SMILES string of the molecule is CCCC(=O)C(CC)c1cc2n(c(=O)c1CC)Cc1c-2nc2cc(F)c(C)c3c2c1C(NC)CC3. The van der Waals surface area contributed by atoms with Crippen LogP contribution in [-0.4, -0.2) is 22.4 Å². The van der Waals surface area contributed by atoms with Crippen LogP contribution < -0.4 is 10.9 Å². The van der Waals surface area contributed by atoms with Crippen molar-refractivity contribution in [1.82, 2.24) is 14.9 Å². The Morgan fingerprint density at radius 3 is 2.69 bits per heavy atom. The fourth-order valence-corrected chi connectivity index (χ4v) is 6.36. The maximum Gasteiger partial charge on any atom is 0.254 e. The molecule has 0 radical (unpaired) electrons. The second kappa shape index (κ2) is 8.98. The fourth-order valence-electron chi connectivity index (χ4n) is 6.36. The number of hydrogen-bond donors (Lipinski definition) is 1. The number of carbonyl (C=O) groups is 1. The van der Waals surface area contributed by atoms with E-state index in [0.717, 1.165) is 63.9 Å². The summed E-state index contributed by atoms with van der Waals surface area (Å²) in [6, 6.07) is 3.69. The maximum absolute atomic E-state index is 14.9. The molecule has 5 rings (SSSR count). The van der Waals surface area contributed by atoms with E-state index >= 15 is 0 Å². The number of aromatic nitrogens is 2. The third-order valence-corrected chi connectivity index (χ3v) is 8.14. The van der Waals surface area contributed by atoms with Crippen molar-refractivity contribution in [2.24, 2.45) is 0 Å². The molecule has 0 saturated heterocycles. The Labute approximate surface area is 205 Å². The summed E-state index contributed by atoms with van der Waals surface area (Å²) in [4.78, 5) is 31.7. The van der Waals surface area contributed by atoms with Crippen LogP contribution in [0.2, 0.25) is 0 Å². The van der Waals surface area contributed by atoms with Crippen molar-refractivity contribution < 1.29 is 9.18 Å². The minimum Gasteiger partial charge on any atom is -0.313 e. The highest BCUT2D eigenvalue weighted by Crippen LogP contribution is 2.45. The molecule has 0 bridgehead atoms. The van der Waals surface area contributed by atoms with Crippen molar-refractivity contribution in [2.45, 2.75) is 84.7 Å². The van der Waals surface area contributed by atoms with E-state index in [-0.39, 0.29) is 29.1 Å². The molecule has 2 unspecified atom stereocenters. The standard InChI is InChI=1S/C29H34FN3O2/c1-6-9-25(34)16(7-2)19-12-24-28-20(14-33(24)29(35)17(19)8-3)27-22(31-5)11-10-18-15(4)21(30)13-23(32-28)26(18)27/h12-13,16,22,31H,6-11,14H2,1-5H3. The average Bonchev–Trinajstić information content (AvgIpc) is 3.21. The zero-order valence-electron chi connectivity index (χ0n) is 21.3. The molecule has 35 heavy (non-hydrogen) atoms. The number of halogens is 1. The zero-order valence-corrected chi connectivity index (χ0v) is 21.3. The molecule has 1 N–H and O–H groups in total. The van der Waals surface area contributed by atoms with Crippen LogP contribution in [0.5, 0.6) is 0 Å². The van der Waals surface area contributed by atoms with Crippen LogP contribution in [0.4, 0.5) is 4.39 Å². The van der Waals surface area contributed by atoms with Gasteiger partial charge in [0.1, 0.15) is 11.6 Å². The number of nitrogens with one attached hydrogen (secondary N) is 1. The molecular formula is C29H34FN3O2. The Morgan fingerprint density at radius 2 is 2.03 bits per heavy atom. The Balaban J connectivity index is 1.81. The van der Waals surface area contributed by atoms with Gasteiger partial charge in [-0.25, -0.2) is 9.37 Å². The predicted molar refractivity (Wildman–Crippen MR) is 138 cm³/mol. The van der Waals surface area contributed by atoms with Crippen molar-refractivity contribution in [3.63, 3.8) is 0 Å². The molecule has 0 amide bonds. The molecule has 1 aliphatic carbocycles. The minimum absolute atomic E-state index is 0.0311. The lowest BCUT2D eigenvalue weighted by atomic mass is 9.81. The van der Waals surface area contributed by atoms with Gasteiger partial charge in [0.25, 0.3) is 5.56 Å². The Hall–Kier alpha value is -2.86. The summed E-state index contributed by atoms with van der Waals surface area (Å²) < 4.78 is 16.7. The van der Waals surface area contributed by atoms with Gasteiger partial charge in [-0.1, -0.05) is 20.8 Å². The van der Waals surface area contributed by atoms with E-state index in [0.29, 0.717) is 36.9 Å². The first-order valence-electron chi connectivity index (χ1n) is 13.0. The van der Waals surface area contributed by atoms with Crippen LogP contribution in [0.15, 0.2) is 16.9 Å². The van der Waals surface area contributed by atoms with Gasteiger partial charge in [0.05, 0.1) is 23.4 Å².